The van der Waals surface area contributed by atoms with Crippen LogP contribution in [0.4, 0.5) is 5.69 Å². The standard InChI is InChI=1S/C29H31N3O6/c33-25(19-36-22-7-3-1-4-8-22)21-9-11-26-24(17-21)32(28(34)20-37-26)18-23-10-12-27(38-23)29(35)30-13-16-31-14-5-2-6-15-31/h1,3-4,7-12,17H,2,5-6,13-16,18-20H2,(H,30,35). The van der Waals surface area contributed by atoms with E-state index in [2.05, 4.69) is 10.2 Å². The Bertz CT molecular complexity index is 1280. The lowest BCUT2D eigenvalue weighted by Crippen LogP contribution is -2.38. The number of benzene rings is 2. The molecule has 1 saturated heterocycles. The number of ketones is 1. The van der Waals surface area contributed by atoms with Gasteiger partial charge in [0.25, 0.3) is 11.8 Å². The van der Waals surface area contributed by atoms with Gasteiger partial charge in [0.1, 0.15) is 17.3 Å². The second-order valence-electron chi connectivity index (χ2n) is 9.40. The van der Waals surface area contributed by atoms with E-state index in [0.717, 1.165) is 19.6 Å². The number of likely N-dealkylation sites (tertiary alicyclic amines) is 1. The topological polar surface area (TPSA) is 101 Å². The Morgan fingerprint density at radius 2 is 1.79 bits per heavy atom. The number of anilines is 1. The van der Waals surface area contributed by atoms with Crippen LogP contribution < -0.4 is 19.7 Å². The molecule has 0 radical (unpaired) electrons. The third-order valence-corrected chi connectivity index (χ3v) is 6.70. The normalized spacial score (nSPS) is 15.5. The Kier molecular flexibility index (Phi) is 8.04. The van der Waals surface area contributed by atoms with Crippen LogP contribution in [-0.2, 0) is 11.3 Å². The molecule has 9 heteroatoms. The monoisotopic (exact) mass is 517 g/mol. The van der Waals surface area contributed by atoms with Gasteiger partial charge in [-0.15, -0.1) is 0 Å². The van der Waals surface area contributed by atoms with Crippen molar-refractivity contribution >= 4 is 23.3 Å². The van der Waals surface area contributed by atoms with E-state index in [1.54, 1.807) is 42.5 Å². The van der Waals surface area contributed by atoms with Crippen molar-refractivity contribution in [2.24, 2.45) is 0 Å². The summed E-state index contributed by atoms with van der Waals surface area (Å²) in [5, 5.41) is 2.91. The molecule has 3 heterocycles. The first-order valence-corrected chi connectivity index (χ1v) is 12.9. The van der Waals surface area contributed by atoms with Crippen molar-refractivity contribution in [3.63, 3.8) is 0 Å². The van der Waals surface area contributed by atoms with Gasteiger partial charge in [-0.25, -0.2) is 0 Å². The van der Waals surface area contributed by atoms with Crippen molar-refractivity contribution in [2.45, 2.75) is 25.8 Å². The maximum absolute atomic E-state index is 12.8. The van der Waals surface area contributed by atoms with Crippen LogP contribution in [0.25, 0.3) is 0 Å². The van der Waals surface area contributed by atoms with Gasteiger partial charge in [-0.1, -0.05) is 24.6 Å². The van der Waals surface area contributed by atoms with Gasteiger partial charge in [-0.2, -0.15) is 0 Å². The van der Waals surface area contributed by atoms with E-state index in [4.69, 9.17) is 13.9 Å². The molecule has 2 aliphatic heterocycles. The number of furan rings is 1. The first-order chi connectivity index (χ1) is 18.6. The van der Waals surface area contributed by atoms with Crippen molar-refractivity contribution in [3.05, 3.63) is 77.7 Å². The van der Waals surface area contributed by atoms with Gasteiger partial charge in [0, 0.05) is 18.7 Å². The lowest BCUT2D eigenvalue weighted by Gasteiger charge is -2.29. The Balaban J connectivity index is 1.21. The molecule has 0 atom stereocenters. The Hall–Kier alpha value is -4.11. The lowest BCUT2D eigenvalue weighted by atomic mass is 10.1. The van der Waals surface area contributed by atoms with Gasteiger partial charge >= 0.3 is 0 Å². The highest BCUT2D eigenvalue weighted by atomic mass is 16.5. The third-order valence-electron chi connectivity index (χ3n) is 6.70. The number of ether oxygens (including phenoxy) is 2. The quantitative estimate of drug-likeness (QED) is 0.410. The van der Waals surface area contributed by atoms with Crippen LogP contribution in [0.2, 0.25) is 0 Å². The highest BCUT2D eigenvalue weighted by molar-refractivity contribution is 6.02. The number of hydrogen-bond acceptors (Lipinski definition) is 7. The van der Waals surface area contributed by atoms with Crippen molar-refractivity contribution in [1.82, 2.24) is 10.2 Å². The number of piperidine rings is 1. The number of carbonyl (C=O) groups is 3. The maximum atomic E-state index is 12.8. The average molecular weight is 518 g/mol. The van der Waals surface area contributed by atoms with Crippen LogP contribution in [0.5, 0.6) is 11.5 Å². The largest absolute Gasteiger partial charge is 0.485 e. The van der Waals surface area contributed by atoms with Gasteiger partial charge in [0.15, 0.2) is 24.8 Å². The van der Waals surface area contributed by atoms with Crippen LogP contribution in [-0.4, -0.2) is 61.9 Å². The van der Waals surface area contributed by atoms with E-state index < -0.39 is 0 Å². The van der Waals surface area contributed by atoms with Gasteiger partial charge in [0.05, 0.1) is 12.2 Å². The lowest BCUT2D eigenvalue weighted by molar-refractivity contribution is -0.121. The van der Waals surface area contributed by atoms with E-state index in [9.17, 15) is 14.4 Å². The number of carbonyl (C=O) groups excluding carboxylic acids is 3. The van der Waals surface area contributed by atoms with Crippen molar-refractivity contribution in [1.29, 1.82) is 0 Å². The molecule has 2 amide bonds. The average Bonchev–Trinajstić information content (AvgIpc) is 3.43. The number of hydrogen-bond donors (Lipinski definition) is 1. The molecular formula is C29H31N3O6. The van der Waals surface area contributed by atoms with E-state index in [-0.39, 0.29) is 43.1 Å². The van der Waals surface area contributed by atoms with E-state index in [0.29, 0.717) is 35.1 Å². The Morgan fingerprint density at radius 3 is 2.61 bits per heavy atom. The summed E-state index contributed by atoms with van der Waals surface area (Å²) in [5.41, 5.74) is 0.868. The van der Waals surface area contributed by atoms with Crippen LogP contribution >= 0.6 is 0 Å². The SMILES string of the molecule is O=C(COc1ccccc1)c1ccc2c(c1)N(Cc1ccc(C(=O)NCCN3CCCCC3)o1)C(=O)CO2. The molecule has 198 valence electrons. The predicted octanol–water partition coefficient (Wildman–Crippen LogP) is 3.68. The number of para-hydroxylation sites is 1. The molecule has 0 unspecified atom stereocenters. The van der Waals surface area contributed by atoms with Gasteiger partial charge in [-0.05, 0) is 68.4 Å². The smallest absolute Gasteiger partial charge is 0.287 e. The first kappa shape index (κ1) is 25.5. The number of nitrogens with one attached hydrogen (secondary N) is 1. The number of Topliss-reactive ketones (excluding diaryl/α,β-unsaturated/α-hetero) is 1. The van der Waals surface area contributed by atoms with Crippen LogP contribution in [0.1, 0.15) is 45.9 Å². The number of rotatable bonds is 10. The minimum Gasteiger partial charge on any atom is -0.485 e. The Labute approximate surface area is 221 Å². The molecule has 1 fully saturated rings. The predicted molar refractivity (Wildman–Crippen MR) is 141 cm³/mol. The zero-order valence-electron chi connectivity index (χ0n) is 21.2. The fourth-order valence-electron chi connectivity index (χ4n) is 4.64. The molecule has 0 spiro atoms. The van der Waals surface area contributed by atoms with Gasteiger partial charge in [-0.3, -0.25) is 19.3 Å². The van der Waals surface area contributed by atoms with E-state index in [1.807, 2.05) is 18.2 Å². The molecule has 9 nitrogen and oxygen atoms in total. The van der Waals surface area contributed by atoms with Gasteiger partial charge < -0.3 is 24.1 Å². The molecular weight excluding hydrogens is 486 g/mol. The number of amides is 2. The summed E-state index contributed by atoms with van der Waals surface area (Å²) < 4.78 is 16.9. The van der Waals surface area contributed by atoms with Gasteiger partial charge in [0.2, 0.25) is 0 Å². The molecule has 1 aromatic heterocycles. The second-order valence-corrected chi connectivity index (χ2v) is 9.40. The van der Waals surface area contributed by atoms with Crippen molar-refractivity contribution in [3.8, 4) is 11.5 Å². The summed E-state index contributed by atoms with van der Waals surface area (Å²) in [4.78, 5) is 42.0. The molecule has 0 aliphatic carbocycles. The minimum atomic E-state index is -0.284. The van der Waals surface area contributed by atoms with E-state index in [1.165, 1.54) is 24.2 Å². The van der Waals surface area contributed by atoms with Crippen molar-refractivity contribution in [2.75, 3.05) is 44.3 Å². The van der Waals surface area contributed by atoms with Crippen molar-refractivity contribution < 1.29 is 28.3 Å². The minimum absolute atomic E-state index is 0.106. The zero-order chi connectivity index (χ0) is 26.3. The van der Waals surface area contributed by atoms with Crippen LogP contribution in [0.3, 0.4) is 0 Å². The molecule has 3 aromatic rings. The van der Waals surface area contributed by atoms with E-state index >= 15 is 0 Å². The molecule has 1 N–H and O–H groups in total. The van der Waals surface area contributed by atoms with Crippen LogP contribution in [0, 0.1) is 0 Å². The summed E-state index contributed by atoms with van der Waals surface area (Å²) in [5.74, 6) is 0.963. The summed E-state index contributed by atoms with van der Waals surface area (Å²) in [7, 11) is 0. The first-order valence-electron chi connectivity index (χ1n) is 12.9. The maximum Gasteiger partial charge on any atom is 0.287 e. The summed E-state index contributed by atoms with van der Waals surface area (Å²) >= 11 is 0. The van der Waals surface area contributed by atoms with Crippen LogP contribution in [0.15, 0.2) is 65.1 Å². The fraction of sp³-hybridized carbons (Fsp3) is 0.345. The Morgan fingerprint density at radius 1 is 0.974 bits per heavy atom. The molecule has 2 aliphatic rings. The molecule has 2 aromatic carbocycles. The fourth-order valence-corrected chi connectivity index (χ4v) is 4.64. The summed E-state index contributed by atoms with van der Waals surface area (Å²) in [6.45, 7) is 3.36. The molecule has 0 bridgehead atoms. The molecule has 0 saturated carbocycles. The molecule has 5 rings (SSSR count). The summed E-state index contributed by atoms with van der Waals surface area (Å²) in [6.07, 6.45) is 3.68. The third kappa shape index (κ3) is 6.23. The number of fused-ring (bicyclic) bond motifs is 1. The molecule has 38 heavy (non-hydrogen) atoms. The highest BCUT2D eigenvalue weighted by Crippen LogP contribution is 2.34. The number of nitrogens with zero attached hydrogens (tertiary/aromatic N) is 2. The zero-order valence-corrected chi connectivity index (χ0v) is 21.2. The summed E-state index contributed by atoms with van der Waals surface area (Å²) in [6, 6.07) is 17.3. The highest BCUT2D eigenvalue weighted by Gasteiger charge is 2.28. The second kappa shape index (κ2) is 12.0.